The SMILES string of the molecule is C=CC[C@H]1O[C@H](C)C(O)C(O)C1[NH-].[Ac].[Ac].[Ac]. The van der Waals surface area contributed by atoms with Gasteiger partial charge in [0.1, 0.15) is 6.10 Å². The smallest absolute Gasteiger partial charge is 0.104 e. The van der Waals surface area contributed by atoms with Gasteiger partial charge in [0, 0.05) is 138 Å². The molecule has 0 aliphatic carbocycles. The summed E-state index contributed by atoms with van der Waals surface area (Å²) in [4.78, 5) is 0. The van der Waals surface area contributed by atoms with Crippen molar-refractivity contribution >= 4 is 0 Å². The van der Waals surface area contributed by atoms with Crippen LogP contribution in [0.4, 0.5) is 0 Å². The maximum absolute atomic E-state index is 9.46. The Kier molecular flexibility index (Phi) is 19.7. The first-order chi connectivity index (χ1) is 6.07. The van der Waals surface area contributed by atoms with Crippen molar-refractivity contribution in [1.82, 2.24) is 0 Å². The van der Waals surface area contributed by atoms with Gasteiger partial charge in [-0.25, -0.2) is 0 Å². The number of hydrogen-bond acceptors (Lipinski definition) is 3. The summed E-state index contributed by atoms with van der Waals surface area (Å²) in [5, 5.41) is 18.8. The third-order valence-corrected chi connectivity index (χ3v) is 2.39. The summed E-state index contributed by atoms with van der Waals surface area (Å²) in [7, 11) is 0. The van der Waals surface area contributed by atoms with Crippen molar-refractivity contribution in [1.29, 1.82) is 0 Å². The molecule has 85 valence electrons. The number of aliphatic hydroxyl groups is 2. The third-order valence-electron chi connectivity index (χ3n) is 2.39. The Morgan fingerprint density at radius 3 is 2.19 bits per heavy atom. The molecule has 1 aliphatic heterocycles. The molecule has 5 atom stereocenters. The molecule has 3 N–H and O–H groups in total. The van der Waals surface area contributed by atoms with Gasteiger partial charge in [-0.1, -0.05) is 12.1 Å². The maximum Gasteiger partial charge on any atom is 0.104 e. The van der Waals surface area contributed by atoms with Gasteiger partial charge in [-0.2, -0.15) is 0 Å². The summed E-state index contributed by atoms with van der Waals surface area (Å²) >= 11 is 0. The van der Waals surface area contributed by atoms with E-state index < -0.39 is 24.4 Å². The molecular weight excluding hydrogens is 851 g/mol. The van der Waals surface area contributed by atoms with E-state index in [-0.39, 0.29) is 138 Å². The molecule has 1 aliphatic rings. The Hall–Kier alpha value is 3.90. The van der Waals surface area contributed by atoms with Crippen LogP contribution in [-0.4, -0.2) is 40.7 Å². The van der Waals surface area contributed by atoms with Crippen LogP contribution < -0.4 is 0 Å². The first-order valence-electron chi connectivity index (χ1n) is 4.41. The van der Waals surface area contributed by atoms with Crippen molar-refractivity contribution in [2.45, 2.75) is 43.8 Å². The van der Waals surface area contributed by atoms with Crippen molar-refractivity contribution < 1.29 is 147 Å². The molecule has 0 amide bonds. The number of rotatable bonds is 2. The van der Waals surface area contributed by atoms with Crippen molar-refractivity contribution in [3.8, 4) is 0 Å². The Morgan fingerprint density at radius 2 is 1.75 bits per heavy atom. The molecule has 0 saturated carbocycles. The largest absolute Gasteiger partial charge is 0.670 e. The van der Waals surface area contributed by atoms with Crippen molar-refractivity contribution in [3.63, 3.8) is 0 Å². The first-order valence-corrected chi connectivity index (χ1v) is 4.41. The summed E-state index contributed by atoms with van der Waals surface area (Å²) in [6, 6.07) is -0.788. The summed E-state index contributed by atoms with van der Waals surface area (Å²) in [5.41, 5.74) is 7.58. The number of ether oxygens (including phenoxy) is 1. The van der Waals surface area contributed by atoms with Crippen LogP contribution in [0.5, 0.6) is 0 Å². The normalized spacial score (nSPS) is 37.4. The zero-order valence-corrected chi connectivity index (χ0v) is 23.6. The van der Waals surface area contributed by atoms with Crippen molar-refractivity contribution in [2.75, 3.05) is 0 Å². The van der Waals surface area contributed by atoms with Crippen LogP contribution >= 0.6 is 0 Å². The molecule has 1 fully saturated rings. The molecule has 0 aromatic carbocycles. The number of hydrogen-bond donors (Lipinski definition) is 2. The number of aliphatic hydroxyl groups excluding tert-OH is 2. The van der Waals surface area contributed by atoms with Crippen LogP contribution in [0.2, 0.25) is 0 Å². The molecule has 4 nitrogen and oxygen atoms in total. The monoisotopic (exact) mass is 867 g/mol. The van der Waals surface area contributed by atoms with Gasteiger partial charge in [-0.05, 0) is 13.3 Å². The van der Waals surface area contributed by atoms with Gasteiger partial charge in [0.15, 0.2) is 0 Å². The van der Waals surface area contributed by atoms with Crippen LogP contribution in [-0.2, 0) is 4.74 Å². The molecule has 0 bridgehead atoms. The molecule has 0 aromatic rings. The Balaban J connectivity index is -0.000000563. The molecule has 1 rings (SSSR count). The second-order valence-electron chi connectivity index (χ2n) is 3.41. The van der Waals surface area contributed by atoms with Crippen LogP contribution in [0.15, 0.2) is 12.7 Å². The van der Waals surface area contributed by atoms with E-state index in [4.69, 9.17) is 10.5 Å². The minimum Gasteiger partial charge on any atom is -0.670 e. The Labute approximate surface area is 204 Å². The second kappa shape index (κ2) is 12.6. The molecule has 3 unspecified atom stereocenters. The molecular formula is C9H16Ac3NO3-. The molecule has 16 heavy (non-hydrogen) atoms. The molecule has 3 radical (unpaired) electrons. The van der Waals surface area contributed by atoms with Gasteiger partial charge in [-0.3, -0.25) is 0 Å². The van der Waals surface area contributed by atoms with E-state index in [2.05, 4.69) is 6.58 Å². The van der Waals surface area contributed by atoms with E-state index in [0.29, 0.717) is 6.42 Å². The van der Waals surface area contributed by atoms with Gasteiger partial charge in [-0.15, -0.1) is 6.58 Å². The zero-order valence-electron chi connectivity index (χ0n) is 9.41. The summed E-state index contributed by atoms with van der Waals surface area (Å²) in [6.45, 7) is 5.24. The van der Waals surface area contributed by atoms with E-state index in [0.717, 1.165) is 0 Å². The topological polar surface area (TPSA) is 73.5 Å². The Morgan fingerprint density at radius 1 is 1.25 bits per heavy atom. The fourth-order valence-corrected chi connectivity index (χ4v) is 1.52. The molecule has 0 spiro atoms. The van der Waals surface area contributed by atoms with Crippen molar-refractivity contribution in [3.05, 3.63) is 18.4 Å². The fraction of sp³-hybridized carbons (Fsp3) is 0.778. The standard InChI is InChI=1S/C9H16NO3.3Ac/c1-3-4-6-7(10)9(12)8(11)5(2)13-6;;;/h3,5-12H,1,4H2,2H3;;;/q-1;;;/t5-,6-,7?,8?,9?;;;/m1.../s1. The Bertz CT molecular complexity index is 197. The minimum absolute atomic E-state index is 0. The fourth-order valence-electron chi connectivity index (χ4n) is 1.52. The van der Waals surface area contributed by atoms with E-state index in [1.165, 1.54) is 0 Å². The van der Waals surface area contributed by atoms with Gasteiger partial charge in [0.2, 0.25) is 0 Å². The van der Waals surface area contributed by atoms with E-state index >= 15 is 0 Å². The predicted molar refractivity (Wildman–Crippen MR) is 49.3 cm³/mol. The van der Waals surface area contributed by atoms with Gasteiger partial charge >= 0.3 is 0 Å². The number of nitrogens with one attached hydrogen (secondary N) is 1. The van der Waals surface area contributed by atoms with E-state index in [1.54, 1.807) is 13.0 Å². The molecule has 1 saturated heterocycles. The first kappa shape index (κ1) is 24.9. The van der Waals surface area contributed by atoms with Gasteiger partial charge in [0.25, 0.3) is 0 Å². The third kappa shape index (κ3) is 7.07. The summed E-state index contributed by atoms with van der Waals surface area (Å²) < 4.78 is 5.35. The van der Waals surface area contributed by atoms with E-state index in [9.17, 15) is 10.2 Å². The average molecular weight is 867 g/mol. The predicted octanol–water partition coefficient (Wildman–Crippen LogP) is 0.492. The molecule has 0 aromatic heterocycles. The summed E-state index contributed by atoms with van der Waals surface area (Å²) in [6.07, 6.45) is -0.559. The maximum atomic E-state index is 9.46. The molecule has 7 heteroatoms. The minimum atomic E-state index is -1.02. The van der Waals surface area contributed by atoms with Gasteiger partial charge in [0.05, 0.1) is 12.2 Å². The van der Waals surface area contributed by atoms with Crippen LogP contribution in [0.3, 0.4) is 0 Å². The average Bonchev–Trinajstić information content (AvgIpc) is 2.11. The van der Waals surface area contributed by atoms with Gasteiger partial charge < -0.3 is 20.7 Å². The molecule has 1 heterocycles. The quantitative estimate of drug-likeness (QED) is 0.398. The van der Waals surface area contributed by atoms with Crippen LogP contribution in [0.1, 0.15) is 13.3 Å². The zero-order chi connectivity index (χ0) is 10.0. The van der Waals surface area contributed by atoms with Crippen LogP contribution in [0, 0.1) is 132 Å². The van der Waals surface area contributed by atoms with Crippen molar-refractivity contribution in [2.24, 2.45) is 0 Å². The van der Waals surface area contributed by atoms with Crippen LogP contribution in [0.25, 0.3) is 5.73 Å². The summed E-state index contributed by atoms with van der Waals surface area (Å²) in [5.74, 6) is 0. The van der Waals surface area contributed by atoms with E-state index in [1.807, 2.05) is 0 Å². The second-order valence-corrected chi connectivity index (χ2v) is 3.41.